The SMILES string of the molecule is CC1(CNS(=O)(=O)c2ccc(F)cc2Cl)CCCNC1.Cl. The minimum absolute atomic E-state index is 0. The maximum Gasteiger partial charge on any atom is 0.242 e. The molecule has 4 nitrogen and oxygen atoms in total. The molecule has 2 rings (SSSR count). The van der Waals surface area contributed by atoms with Crippen LogP contribution < -0.4 is 10.0 Å². The summed E-state index contributed by atoms with van der Waals surface area (Å²) in [4.78, 5) is -0.0899. The lowest BCUT2D eigenvalue weighted by molar-refractivity contribution is 0.238. The summed E-state index contributed by atoms with van der Waals surface area (Å²) < 4.78 is 40.0. The molecule has 2 N–H and O–H groups in total. The van der Waals surface area contributed by atoms with Crippen molar-refractivity contribution in [3.05, 3.63) is 29.0 Å². The highest BCUT2D eigenvalue weighted by Gasteiger charge is 2.29. The zero-order chi connectivity index (χ0) is 14.8. The van der Waals surface area contributed by atoms with Crippen LogP contribution in [0.15, 0.2) is 23.1 Å². The average Bonchev–Trinajstić information content (AvgIpc) is 2.37. The van der Waals surface area contributed by atoms with Gasteiger partial charge in [0.05, 0.1) is 5.02 Å². The highest BCUT2D eigenvalue weighted by Crippen LogP contribution is 2.26. The molecule has 1 unspecified atom stereocenters. The summed E-state index contributed by atoms with van der Waals surface area (Å²) in [7, 11) is -3.72. The molecule has 0 aliphatic carbocycles. The summed E-state index contributed by atoms with van der Waals surface area (Å²) in [5.74, 6) is -0.558. The second kappa shape index (κ2) is 7.24. The molecule has 1 aliphatic heterocycles. The van der Waals surface area contributed by atoms with E-state index < -0.39 is 15.8 Å². The molecule has 1 saturated heterocycles. The van der Waals surface area contributed by atoms with E-state index in [9.17, 15) is 12.8 Å². The Morgan fingerprint density at radius 1 is 1.48 bits per heavy atom. The molecule has 1 aliphatic rings. The van der Waals surface area contributed by atoms with Crippen molar-refractivity contribution < 1.29 is 12.8 Å². The molecular weight excluding hydrogens is 338 g/mol. The third-order valence-corrected chi connectivity index (χ3v) is 5.44. The number of hydrogen-bond donors (Lipinski definition) is 2. The molecule has 0 spiro atoms. The van der Waals surface area contributed by atoms with Crippen molar-refractivity contribution in [3.8, 4) is 0 Å². The van der Waals surface area contributed by atoms with Crippen LogP contribution in [-0.4, -0.2) is 28.1 Å². The lowest BCUT2D eigenvalue weighted by Gasteiger charge is -2.34. The van der Waals surface area contributed by atoms with Crippen LogP contribution in [0.4, 0.5) is 4.39 Å². The molecule has 0 aromatic heterocycles. The number of sulfonamides is 1. The first-order chi connectivity index (χ1) is 9.32. The standard InChI is InChI=1S/C13H18ClFN2O2S.ClH/c1-13(5-2-6-16-8-13)9-17-20(18,19)12-4-3-10(15)7-11(12)14;/h3-4,7,16-17H,2,5-6,8-9H2,1H3;1H. The van der Waals surface area contributed by atoms with Gasteiger partial charge in [-0.05, 0) is 43.0 Å². The van der Waals surface area contributed by atoms with Crippen molar-refractivity contribution >= 4 is 34.0 Å². The molecule has 1 atom stereocenters. The van der Waals surface area contributed by atoms with Crippen LogP contribution in [0.25, 0.3) is 0 Å². The molecule has 120 valence electrons. The summed E-state index contributed by atoms with van der Waals surface area (Å²) in [5, 5.41) is 3.15. The predicted molar refractivity (Wildman–Crippen MR) is 84.1 cm³/mol. The van der Waals surface area contributed by atoms with Gasteiger partial charge in [0.25, 0.3) is 0 Å². The second-order valence-corrected chi connectivity index (χ2v) is 7.63. The van der Waals surface area contributed by atoms with Crippen molar-refractivity contribution in [2.45, 2.75) is 24.7 Å². The number of benzene rings is 1. The Balaban J connectivity index is 0.00000220. The van der Waals surface area contributed by atoms with E-state index in [1.165, 1.54) is 6.07 Å². The van der Waals surface area contributed by atoms with E-state index in [0.29, 0.717) is 6.54 Å². The molecule has 0 amide bonds. The van der Waals surface area contributed by atoms with E-state index in [4.69, 9.17) is 11.6 Å². The Bertz CT molecular complexity index is 590. The average molecular weight is 357 g/mol. The van der Waals surface area contributed by atoms with Gasteiger partial charge >= 0.3 is 0 Å². The number of rotatable bonds is 4. The Morgan fingerprint density at radius 2 is 2.19 bits per heavy atom. The fraction of sp³-hybridized carbons (Fsp3) is 0.538. The van der Waals surface area contributed by atoms with E-state index in [1.54, 1.807) is 0 Å². The lowest BCUT2D eigenvalue weighted by atomic mass is 9.83. The lowest BCUT2D eigenvalue weighted by Crippen LogP contribution is -2.45. The normalized spacial score (nSPS) is 22.6. The second-order valence-electron chi connectivity index (χ2n) is 5.49. The number of halogens is 3. The Labute approximate surface area is 135 Å². The van der Waals surface area contributed by atoms with Gasteiger partial charge in [-0.1, -0.05) is 18.5 Å². The highest BCUT2D eigenvalue weighted by atomic mass is 35.5. The van der Waals surface area contributed by atoms with Crippen molar-refractivity contribution in [2.24, 2.45) is 5.41 Å². The van der Waals surface area contributed by atoms with Gasteiger partial charge in [-0.2, -0.15) is 0 Å². The molecule has 0 bridgehead atoms. The van der Waals surface area contributed by atoms with E-state index in [0.717, 1.165) is 38.1 Å². The Hall–Kier alpha value is -0.400. The molecule has 21 heavy (non-hydrogen) atoms. The van der Waals surface area contributed by atoms with Crippen LogP contribution in [0, 0.1) is 11.2 Å². The van der Waals surface area contributed by atoms with Crippen LogP contribution in [-0.2, 0) is 10.0 Å². The van der Waals surface area contributed by atoms with Crippen molar-refractivity contribution in [1.82, 2.24) is 10.0 Å². The van der Waals surface area contributed by atoms with Gasteiger partial charge < -0.3 is 5.32 Å². The Kier molecular flexibility index (Phi) is 6.43. The van der Waals surface area contributed by atoms with Gasteiger partial charge in [0, 0.05) is 13.1 Å². The van der Waals surface area contributed by atoms with Gasteiger partial charge in [-0.15, -0.1) is 12.4 Å². The summed E-state index contributed by atoms with van der Waals surface area (Å²) in [6.45, 7) is 4.10. The number of nitrogens with one attached hydrogen (secondary N) is 2. The van der Waals surface area contributed by atoms with Crippen LogP contribution in [0.2, 0.25) is 5.02 Å². The monoisotopic (exact) mass is 356 g/mol. The summed E-state index contributed by atoms with van der Waals surface area (Å²) in [6.07, 6.45) is 1.98. The molecule has 1 aromatic rings. The first kappa shape index (κ1) is 18.6. The molecule has 0 radical (unpaired) electrons. The smallest absolute Gasteiger partial charge is 0.242 e. The zero-order valence-corrected chi connectivity index (χ0v) is 14.0. The predicted octanol–water partition coefficient (Wildman–Crippen LogP) is 2.57. The molecule has 8 heteroatoms. The summed E-state index contributed by atoms with van der Waals surface area (Å²) >= 11 is 5.80. The van der Waals surface area contributed by atoms with Crippen LogP contribution in [0.1, 0.15) is 19.8 Å². The maximum absolute atomic E-state index is 13.0. The van der Waals surface area contributed by atoms with E-state index >= 15 is 0 Å². The topological polar surface area (TPSA) is 58.2 Å². The highest BCUT2D eigenvalue weighted by molar-refractivity contribution is 7.89. The molecular formula is C13H19Cl2FN2O2S. The molecule has 0 saturated carbocycles. The number of hydrogen-bond acceptors (Lipinski definition) is 3. The van der Waals surface area contributed by atoms with Crippen LogP contribution in [0.3, 0.4) is 0 Å². The van der Waals surface area contributed by atoms with Gasteiger partial charge in [0.1, 0.15) is 10.7 Å². The largest absolute Gasteiger partial charge is 0.316 e. The summed E-state index contributed by atoms with van der Waals surface area (Å²) in [5.41, 5.74) is -0.113. The minimum Gasteiger partial charge on any atom is -0.316 e. The van der Waals surface area contributed by atoms with Crippen LogP contribution >= 0.6 is 24.0 Å². The van der Waals surface area contributed by atoms with Crippen molar-refractivity contribution in [1.29, 1.82) is 0 Å². The maximum atomic E-state index is 13.0. The van der Waals surface area contributed by atoms with E-state index in [1.807, 2.05) is 6.92 Å². The first-order valence-electron chi connectivity index (χ1n) is 6.48. The van der Waals surface area contributed by atoms with Crippen molar-refractivity contribution in [2.75, 3.05) is 19.6 Å². The third kappa shape index (κ3) is 4.79. The minimum atomic E-state index is -3.72. The zero-order valence-electron chi connectivity index (χ0n) is 11.7. The fourth-order valence-corrected chi connectivity index (χ4v) is 4.04. The third-order valence-electron chi connectivity index (χ3n) is 3.56. The van der Waals surface area contributed by atoms with E-state index in [-0.39, 0.29) is 27.7 Å². The number of piperidine rings is 1. The molecule has 1 aromatic carbocycles. The van der Waals surface area contributed by atoms with Gasteiger partial charge in [-0.25, -0.2) is 17.5 Å². The van der Waals surface area contributed by atoms with E-state index in [2.05, 4.69) is 10.0 Å². The summed E-state index contributed by atoms with van der Waals surface area (Å²) in [6, 6.07) is 3.27. The Morgan fingerprint density at radius 3 is 2.76 bits per heavy atom. The molecule has 1 fully saturated rings. The molecule has 1 heterocycles. The fourth-order valence-electron chi connectivity index (χ4n) is 2.31. The van der Waals surface area contributed by atoms with Crippen molar-refractivity contribution in [3.63, 3.8) is 0 Å². The quantitative estimate of drug-likeness (QED) is 0.871. The van der Waals surface area contributed by atoms with Gasteiger partial charge in [-0.3, -0.25) is 0 Å². The van der Waals surface area contributed by atoms with Gasteiger partial charge in [0.15, 0.2) is 0 Å². The van der Waals surface area contributed by atoms with Gasteiger partial charge in [0.2, 0.25) is 10.0 Å². The first-order valence-corrected chi connectivity index (χ1v) is 8.34. The van der Waals surface area contributed by atoms with Crippen LogP contribution in [0.5, 0.6) is 0 Å².